The molecule has 0 radical (unpaired) electrons. The lowest BCUT2D eigenvalue weighted by atomic mass is 10.2. The molecule has 0 atom stereocenters. The number of hydrogen-bond donors (Lipinski definition) is 0. The zero-order valence-electron chi connectivity index (χ0n) is 11.4. The molecular weight excluding hydrogens is 242 g/mol. The molecule has 0 saturated heterocycles. The minimum absolute atomic E-state index is 0.636. The van der Waals surface area contributed by atoms with Gasteiger partial charge in [0.1, 0.15) is 12.1 Å². The van der Waals surface area contributed by atoms with E-state index < -0.39 is 0 Å². The summed E-state index contributed by atoms with van der Waals surface area (Å²) in [6.45, 7) is 4.18. The van der Waals surface area contributed by atoms with Crippen LogP contribution in [0.2, 0.25) is 0 Å². The third kappa shape index (κ3) is 3.54. The van der Waals surface area contributed by atoms with Crippen LogP contribution >= 0.6 is 0 Å². The van der Waals surface area contributed by atoms with E-state index in [1.807, 2.05) is 28.8 Å². The minimum Gasteiger partial charge on any atom is -0.494 e. The van der Waals surface area contributed by atoms with Crippen molar-refractivity contribution < 1.29 is 9.47 Å². The van der Waals surface area contributed by atoms with Gasteiger partial charge in [0.2, 0.25) is 0 Å². The molecule has 2 aromatic rings. The van der Waals surface area contributed by atoms with Gasteiger partial charge < -0.3 is 14.0 Å². The van der Waals surface area contributed by atoms with Crippen LogP contribution in [0.5, 0.6) is 5.75 Å². The SMILES string of the molecule is CCCOc1cccc(-c2nncn2CCOC)c1. The van der Waals surface area contributed by atoms with Crippen molar-refractivity contribution in [3.05, 3.63) is 30.6 Å². The molecule has 0 N–H and O–H groups in total. The largest absolute Gasteiger partial charge is 0.494 e. The molecule has 0 fully saturated rings. The molecule has 0 bridgehead atoms. The van der Waals surface area contributed by atoms with Gasteiger partial charge in [0.15, 0.2) is 5.82 Å². The summed E-state index contributed by atoms with van der Waals surface area (Å²) in [5, 5.41) is 8.12. The fourth-order valence-electron chi connectivity index (χ4n) is 1.78. The van der Waals surface area contributed by atoms with Crippen LogP contribution in [0, 0.1) is 0 Å². The standard InChI is InChI=1S/C14H19N3O2/c1-3-8-19-13-6-4-5-12(10-13)14-16-15-11-17(14)7-9-18-2/h4-6,10-11H,3,7-9H2,1-2H3. The Hall–Kier alpha value is -1.88. The van der Waals surface area contributed by atoms with Crippen LogP contribution in [-0.2, 0) is 11.3 Å². The first kappa shape index (κ1) is 13.5. The molecule has 5 heteroatoms. The van der Waals surface area contributed by atoms with Crippen molar-refractivity contribution in [1.29, 1.82) is 0 Å². The third-order valence-electron chi connectivity index (χ3n) is 2.72. The molecule has 0 saturated carbocycles. The summed E-state index contributed by atoms with van der Waals surface area (Å²) in [5.74, 6) is 1.69. The molecule has 1 heterocycles. The molecule has 1 aromatic heterocycles. The Balaban J connectivity index is 2.18. The van der Waals surface area contributed by atoms with Crippen molar-refractivity contribution in [2.24, 2.45) is 0 Å². The summed E-state index contributed by atoms with van der Waals surface area (Å²) >= 11 is 0. The first-order valence-electron chi connectivity index (χ1n) is 6.45. The van der Waals surface area contributed by atoms with E-state index in [1.54, 1.807) is 13.4 Å². The predicted molar refractivity (Wildman–Crippen MR) is 73.1 cm³/mol. The lowest BCUT2D eigenvalue weighted by Crippen LogP contribution is -2.05. The van der Waals surface area contributed by atoms with Crippen LogP contribution in [0.25, 0.3) is 11.4 Å². The Morgan fingerprint density at radius 2 is 2.16 bits per heavy atom. The van der Waals surface area contributed by atoms with E-state index in [9.17, 15) is 0 Å². The van der Waals surface area contributed by atoms with Crippen LogP contribution < -0.4 is 4.74 Å². The molecule has 2 rings (SSSR count). The second kappa shape index (κ2) is 6.89. The summed E-state index contributed by atoms with van der Waals surface area (Å²) in [6, 6.07) is 7.92. The Morgan fingerprint density at radius 1 is 1.26 bits per heavy atom. The Bertz CT molecular complexity index is 511. The second-order valence-corrected chi connectivity index (χ2v) is 4.22. The van der Waals surface area contributed by atoms with Crippen LogP contribution in [0.3, 0.4) is 0 Å². The molecule has 0 aliphatic rings. The number of hydrogen-bond acceptors (Lipinski definition) is 4. The van der Waals surface area contributed by atoms with Gasteiger partial charge in [0.05, 0.1) is 13.2 Å². The maximum Gasteiger partial charge on any atom is 0.163 e. The molecule has 0 amide bonds. The molecule has 102 valence electrons. The maximum absolute atomic E-state index is 5.63. The highest BCUT2D eigenvalue weighted by Crippen LogP contribution is 2.22. The number of methoxy groups -OCH3 is 1. The average molecular weight is 261 g/mol. The summed E-state index contributed by atoms with van der Waals surface area (Å²) in [7, 11) is 1.68. The van der Waals surface area contributed by atoms with Gasteiger partial charge in [-0.05, 0) is 18.6 Å². The highest BCUT2D eigenvalue weighted by molar-refractivity contribution is 5.57. The molecule has 0 aliphatic carbocycles. The normalized spacial score (nSPS) is 10.6. The van der Waals surface area contributed by atoms with E-state index in [-0.39, 0.29) is 0 Å². The van der Waals surface area contributed by atoms with Crippen LogP contribution in [0.4, 0.5) is 0 Å². The fraction of sp³-hybridized carbons (Fsp3) is 0.429. The van der Waals surface area contributed by atoms with Crippen molar-refractivity contribution in [2.45, 2.75) is 19.9 Å². The second-order valence-electron chi connectivity index (χ2n) is 4.22. The van der Waals surface area contributed by atoms with Gasteiger partial charge >= 0.3 is 0 Å². The predicted octanol–water partition coefficient (Wildman–Crippen LogP) is 2.38. The van der Waals surface area contributed by atoms with Gasteiger partial charge in [0.25, 0.3) is 0 Å². The van der Waals surface area contributed by atoms with Crippen molar-refractivity contribution in [3.8, 4) is 17.1 Å². The molecule has 19 heavy (non-hydrogen) atoms. The van der Waals surface area contributed by atoms with E-state index >= 15 is 0 Å². The first-order chi connectivity index (χ1) is 9.35. The smallest absolute Gasteiger partial charge is 0.163 e. The number of rotatable bonds is 7. The van der Waals surface area contributed by atoms with E-state index in [0.717, 1.165) is 36.7 Å². The Morgan fingerprint density at radius 3 is 2.95 bits per heavy atom. The van der Waals surface area contributed by atoms with Gasteiger partial charge in [-0.2, -0.15) is 0 Å². The highest BCUT2D eigenvalue weighted by atomic mass is 16.5. The van der Waals surface area contributed by atoms with Crippen LogP contribution in [0.1, 0.15) is 13.3 Å². The van der Waals surface area contributed by atoms with Gasteiger partial charge in [-0.3, -0.25) is 0 Å². The topological polar surface area (TPSA) is 49.2 Å². The zero-order chi connectivity index (χ0) is 13.5. The third-order valence-corrected chi connectivity index (χ3v) is 2.72. The van der Waals surface area contributed by atoms with E-state index in [1.165, 1.54) is 0 Å². The maximum atomic E-state index is 5.63. The summed E-state index contributed by atoms with van der Waals surface area (Å²) in [5.41, 5.74) is 1.00. The molecular formula is C14H19N3O2. The minimum atomic E-state index is 0.636. The van der Waals surface area contributed by atoms with Crippen molar-refractivity contribution in [1.82, 2.24) is 14.8 Å². The summed E-state index contributed by atoms with van der Waals surface area (Å²) in [6.07, 6.45) is 2.71. The molecule has 0 aliphatic heterocycles. The molecule has 0 spiro atoms. The highest BCUT2D eigenvalue weighted by Gasteiger charge is 2.08. The zero-order valence-corrected chi connectivity index (χ0v) is 11.4. The molecule has 0 unspecified atom stereocenters. The van der Waals surface area contributed by atoms with E-state index in [4.69, 9.17) is 9.47 Å². The number of aromatic nitrogens is 3. The van der Waals surface area contributed by atoms with E-state index in [0.29, 0.717) is 6.61 Å². The lowest BCUT2D eigenvalue weighted by molar-refractivity contribution is 0.187. The lowest BCUT2D eigenvalue weighted by Gasteiger charge is -2.08. The van der Waals surface area contributed by atoms with Gasteiger partial charge in [-0.25, -0.2) is 0 Å². The van der Waals surface area contributed by atoms with Crippen LogP contribution in [-0.4, -0.2) is 35.1 Å². The van der Waals surface area contributed by atoms with Crippen molar-refractivity contribution >= 4 is 0 Å². The Labute approximate surface area is 113 Å². The summed E-state index contributed by atoms with van der Waals surface area (Å²) in [4.78, 5) is 0. The van der Waals surface area contributed by atoms with E-state index in [2.05, 4.69) is 17.1 Å². The molecule has 5 nitrogen and oxygen atoms in total. The fourth-order valence-corrected chi connectivity index (χ4v) is 1.78. The van der Waals surface area contributed by atoms with Gasteiger partial charge in [-0.15, -0.1) is 10.2 Å². The molecule has 1 aromatic carbocycles. The van der Waals surface area contributed by atoms with Gasteiger partial charge in [-0.1, -0.05) is 19.1 Å². The van der Waals surface area contributed by atoms with Crippen molar-refractivity contribution in [2.75, 3.05) is 20.3 Å². The number of ether oxygens (including phenoxy) is 2. The van der Waals surface area contributed by atoms with Crippen molar-refractivity contribution in [3.63, 3.8) is 0 Å². The average Bonchev–Trinajstić information content (AvgIpc) is 2.91. The number of nitrogens with zero attached hydrogens (tertiary/aromatic N) is 3. The quantitative estimate of drug-likeness (QED) is 0.768. The Kier molecular flexibility index (Phi) is 4.92. The van der Waals surface area contributed by atoms with Crippen LogP contribution in [0.15, 0.2) is 30.6 Å². The summed E-state index contributed by atoms with van der Waals surface area (Å²) < 4.78 is 12.7. The first-order valence-corrected chi connectivity index (χ1v) is 6.45. The monoisotopic (exact) mass is 261 g/mol. The van der Waals surface area contributed by atoms with Gasteiger partial charge in [0, 0.05) is 19.2 Å². The number of benzene rings is 1.